The minimum Gasteiger partial charge on any atom is -0.364 e. The molecule has 0 atom stereocenters. The molecule has 2 aromatic rings. The summed E-state index contributed by atoms with van der Waals surface area (Å²) in [6, 6.07) is 9.00. The van der Waals surface area contributed by atoms with E-state index in [1.807, 2.05) is 18.2 Å². The predicted octanol–water partition coefficient (Wildman–Crippen LogP) is 1.40. The van der Waals surface area contributed by atoms with Crippen LogP contribution in [-0.4, -0.2) is 68.1 Å². The van der Waals surface area contributed by atoms with E-state index >= 15 is 0 Å². The van der Waals surface area contributed by atoms with E-state index in [0.29, 0.717) is 11.4 Å². The Labute approximate surface area is 183 Å². The molecule has 168 valence electrons. The second-order valence-electron chi connectivity index (χ2n) is 7.96. The molecule has 0 bridgehead atoms. The maximum absolute atomic E-state index is 12.3. The average Bonchev–Trinajstić information content (AvgIpc) is 3.42. The monoisotopic (exact) mass is 446 g/mol. The normalized spacial score (nSPS) is 18.4. The number of sulfonamides is 1. The van der Waals surface area contributed by atoms with Gasteiger partial charge in [-0.25, -0.2) is 18.1 Å². The Kier molecular flexibility index (Phi) is 6.89. The topological polar surface area (TPSA) is 103 Å². The van der Waals surface area contributed by atoms with Crippen molar-refractivity contribution >= 4 is 16.0 Å². The molecule has 2 heterocycles. The van der Waals surface area contributed by atoms with Gasteiger partial charge in [0, 0.05) is 51.4 Å². The van der Waals surface area contributed by atoms with Crippen LogP contribution in [0.15, 0.2) is 51.0 Å². The molecule has 0 unspecified atom stereocenters. The number of aliphatic imine (C=N–C) groups is 1. The van der Waals surface area contributed by atoms with Crippen LogP contribution in [0.4, 0.5) is 0 Å². The summed E-state index contributed by atoms with van der Waals surface area (Å²) >= 11 is 0. The quantitative estimate of drug-likeness (QED) is 0.467. The molecule has 2 aliphatic rings. The highest BCUT2D eigenvalue weighted by atomic mass is 32.2. The molecular weight excluding hydrogens is 416 g/mol. The van der Waals surface area contributed by atoms with Gasteiger partial charge in [-0.05, 0) is 37.5 Å². The molecule has 4 rings (SSSR count). The summed E-state index contributed by atoms with van der Waals surface area (Å²) in [6.45, 7) is 7.77. The van der Waals surface area contributed by atoms with Crippen molar-refractivity contribution in [3.8, 4) is 0 Å². The summed E-state index contributed by atoms with van der Waals surface area (Å²) in [7, 11) is -3.42. The summed E-state index contributed by atoms with van der Waals surface area (Å²) in [5.41, 5.74) is 1.93. The third-order valence-electron chi connectivity index (χ3n) is 5.43. The molecule has 1 aliphatic carbocycles. The van der Waals surface area contributed by atoms with Crippen LogP contribution in [0.25, 0.3) is 0 Å². The minimum atomic E-state index is -3.42. The highest BCUT2D eigenvalue weighted by Crippen LogP contribution is 2.22. The first-order chi connectivity index (χ1) is 15.0. The lowest BCUT2D eigenvalue weighted by atomic mass is 10.2. The summed E-state index contributed by atoms with van der Waals surface area (Å²) in [6.07, 6.45) is 3.45. The fourth-order valence-electron chi connectivity index (χ4n) is 3.52. The molecule has 9 nitrogen and oxygen atoms in total. The smallest absolute Gasteiger partial charge is 0.240 e. The molecule has 31 heavy (non-hydrogen) atoms. The maximum atomic E-state index is 12.3. The third kappa shape index (κ3) is 6.05. The molecule has 1 aromatic heterocycles. The Morgan fingerprint density at radius 1 is 1.16 bits per heavy atom. The Morgan fingerprint density at radius 2 is 1.90 bits per heavy atom. The van der Waals surface area contributed by atoms with Crippen LogP contribution in [-0.2, 0) is 23.1 Å². The number of nitrogens with zero attached hydrogens (tertiary/aromatic N) is 4. The number of piperazine rings is 1. The van der Waals surface area contributed by atoms with Gasteiger partial charge in [-0.15, -0.1) is 0 Å². The van der Waals surface area contributed by atoms with Gasteiger partial charge in [0.05, 0.1) is 17.1 Å². The van der Waals surface area contributed by atoms with Crippen LogP contribution in [0.5, 0.6) is 0 Å². The standard InChI is InChI=1S/C21H30N6O3S/c1-2-22-21(27-12-10-26(11-13-27)16-19-9-14-30-24-19)23-15-17-3-7-20(8-4-17)31(28,29)25-18-5-6-18/h3-4,7-9,14,18,25H,2,5-6,10-13,15-16H2,1H3,(H,22,23). The lowest BCUT2D eigenvalue weighted by molar-refractivity contribution is 0.169. The summed E-state index contributed by atoms with van der Waals surface area (Å²) in [5, 5.41) is 7.36. The SMILES string of the molecule is CCNC(=NCc1ccc(S(=O)(=O)NC2CC2)cc1)N1CCN(Cc2ccon2)CC1. The van der Waals surface area contributed by atoms with Gasteiger partial charge in [0.1, 0.15) is 6.26 Å². The van der Waals surface area contributed by atoms with Gasteiger partial charge < -0.3 is 14.7 Å². The molecular formula is C21H30N6O3S. The van der Waals surface area contributed by atoms with Crippen LogP contribution in [0.2, 0.25) is 0 Å². The van der Waals surface area contributed by atoms with Crippen LogP contribution in [0, 0.1) is 0 Å². The van der Waals surface area contributed by atoms with Crippen LogP contribution < -0.4 is 10.0 Å². The zero-order chi connectivity index (χ0) is 21.7. The number of guanidine groups is 1. The van der Waals surface area contributed by atoms with Crippen molar-refractivity contribution in [2.75, 3.05) is 32.7 Å². The van der Waals surface area contributed by atoms with E-state index in [0.717, 1.165) is 69.3 Å². The first kappa shape index (κ1) is 21.8. The molecule has 10 heteroatoms. The van der Waals surface area contributed by atoms with Gasteiger partial charge in [-0.3, -0.25) is 4.90 Å². The van der Waals surface area contributed by atoms with Crippen molar-refractivity contribution in [3.63, 3.8) is 0 Å². The molecule has 0 amide bonds. The predicted molar refractivity (Wildman–Crippen MR) is 118 cm³/mol. The van der Waals surface area contributed by atoms with E-state index in [1.54, 1.807) is 18.4 Å². The molecule has 1 aliphatic heterocycles. The van der Waals surface area contributed by atoms with Crippen molar-refractivity contribution in [2.45, 2.75) is 43.8 Å². The van der Waals surface area contributed by atoms with Gasteiger partial charge in [0.15, 0.2) is 5.96 Å². The van der Waals surface area contributed by atoms with Crippen molar-refractivity contribution in [3.05, 3.63) is 47.9 Å². The summed E-state index contributed by atoms with van der Waals surface area (Å²) < 4.78 is 32.2. The lowest BCUT2D eigenvalue weighted by Gasteiger charge is -2.36. The molecule has 1 aromatic carbocycles. The minimum absolute atomic E-state index is 0.105. The molecule has 0 spiro atoms. The second kappa shape index (κ2) is 9.80. The van der Waals surface area contributed by atoms with Gasteiger partial charge in [-0.1, -0.05) is 17.3 Å². The average molecular weight is 447 g/mol. The number of rotatable bonds is 8. The van der Waals surface area contributed by atoms with Gasteiger partial charge in [0.25, 0.3) is 0 Å². The molecule has 2 N–H and O–H groups in total. The van der Waals surface area contributed by atoms with E-state index in [4.69, 9.17) is 9.52 Å². The van der Waals surface area contributed by atoms with Crippen LogP contribution >= 0.6 is 0 Å². The van der Waals surface area contributed by atoms with E-state index in [1.165, 1.54) is 0 Å². The summed E-state index contributed by atoms with van der Waals surface area (Å²) in [5.74, 6) is 0.885. The molecule has 0 radical (unpaired) electrons. The fourth-order valence-corrected chi connectivity index (χ4v) is 4.83. The van der Waals surface area contributed by atoms with Gasteiger partial charge in [-0.2, -0.15) is 0 Å². The van der Waals surface area contributed by atoms with Crippen LogP contribution in [0.3, 0.4) is 0 Å². The molecule has 1 saturated heterocycles. The van der Waals surface area contributed by atoms with E-state index < -0.39 is 10.0 Å². The highest BCUT2D eigenvalue weighted by molar-refractivity contribution is 7.89. The number of nitrogens with one attached hydrogen (secondary N) is 2. The van der Waals surface area contributed by atoms with Crippen molar-refractivity contribution in [1.29, 1.82) is 0 Å². The lowest BCUT2D eigenvalue weighted by Crippen LogP contribution is -2.52. The number of benzene rings is 1. The Morgan fingerprint density at radius 3 is 2.52 bits per heavy atom. The maximum Gasteiger partial charge on any atom is 0.240 e. The van der Waals surface area contributed by atoms with Crippen molar-refractivity contribution < 1.29 is 12.9 Å². The van der Waals surface area contributed by atoms with Crippen molar-refractivity contribution in [2.24, 2.45) is 4.99 Å². The van der Waals surface area contributed by atoms with Gasteiger partial charge in [0.2, 0.25) is 10.0 Å². The molecule has 1 saturated carbocycles. The highest BCUT2D eigenvalue weighted by Gasteiger charge is 2.27. The zero-order valence-corrected chi connectivity index (χ0v) is 18.6. The van der Waals surface area contributed by atoms with Crippen LogP contribution in [0.1, 0.15) is 31.0 Å². The largest absolute Gasteiger partial charge is 0.364 e. The van der Waals surface area contributed by atoms with E-state index in [2.05, 4.69) is 31.9 Å². The first-order valence-electron chi connectivity index (χ1n) is 10.8. The summed E-state index contributed by atoms with van der Waals surface area (Å²) in [4.78, 5) is 9.71. The first-order valence-corrected chi connectivity index (χ1v) is 12.3. The number of aromatic nitrogens is 1. The number of hydrogen-bond acceptors (Lipinski definition) is 6. The van der Waals surface area contributed by atoms with E-state index in [-0.39, 0.29) is 6.04 Å². The van der Waals surface area contributed by atoms with Crippen molar-refractivity contribution in [1.82, 2.24) is 25.0 Å². The second-order valence-corrected chi connectivity index (χ2v) is 9.68. The van der Waals surface area contributed by atoms with Gasteiger partial charge >= 0.3 is 0 Å². The fraction of sp³-hybridized carbons (Fsp3) is 0.524. The number of hydrogen-bond donors (Lipinski definition) is 2. The van der Waals surface area contributed by atoms with E-state index in [9.17, 15) is 8.42 Å². The third-order valence-corrected chi connectivity index (χ3v) is 6.96. The zero-order valence-electron chi connectivity index (χ0n) is 17.8. The molecule has 2 fully saturated rings. The Bertz CT molecular complexity index is 963. The Hall–Kier alpha value is -2.43. The Balaban J connectivity index is 1.33.